The van der Waals surface area contributed by atoms with Crippen LogP contribution < -0.4 is 20.1 Å². The SMILES string of the molecule is COc1ccccc1N1CC[NH+]([C@H](C)c2nc3ccccc3c(=O)[nH]2)CC1. The fourth-order valence-corrected chi connectivity index (χ4v) is 3.86. The minimum absolute atomic E-state index is 0.0606. The summed E-state index contributed by atoms with van der Waals surface area (Å²) < 4.78 is 5.50. The first kappa shape index (κ1) is 17.5. The Kier molecular flexibility index (Phi) is 4.81. The van der Waals surface area contributed by atoms with Crippen molar-refractivity contribution in [2.75, 3.05) is 38.2 Å². The molecule has 0 unspecified atom stereocenters. The molecule has 1 fully saturated rings. The van der Waals surface area contributed by atoms with Crippen molar-refractivity contribution in [2.24, 2.45) is 0 Å². The van der Waals surface area contributed by atoms with Gasteiger partial charge in [0.15, 0.2) is 5.82 Å². The average Bonchev–Trinajstić information content (AvgIpc) is 2.73. The molecule has 1 aromatic heterocycles. The highest BCUT2D eigenvalue weighted by Gasteiger charge is 2.28. The van der Waals surface area contributed by atoms with Gasteiger partial charge in [-0.25, -0.2) is 4.98 Å². The second-order valence-electron chi connectivity index (χ2n) is 7.01. The number of hydrogen-bond acceptors (Lipinski definition) is 4. The lowest BCUT2D eigenvalue weighted by Crippen LogP contribution is -3.14. The van der Waals surface area contributed by atoms with E-state index in [1.54, 1.807) is 7.11 Å². The quantitative estimate of drug-likeness (QED) is 0.734. The third kappa shape index (κ3) is 3.40. The summed E-state index contributed by atoms with van der Waals surface area (Å²) in [6.07, 6.45) is 0. The summed E-state index contributed by atoms with van der Waals surface area (Å²) in [5.41, 5.74) is 1.84. The molecule has 0 amide bonds. The minimum atomic E-state index is -0.0606. The number of hydrogen-bond donors (Lipinski definition) is 2. The normalized spacial score (nSPS) is 16.4. The van der Waals surface area contributed by atoms with Crippen molar-refractivity contribution in [3.05, 3.63) is 64.7 Å². The van der Waals surface area contributed by atoms with Crippen molar-refractivity contribution in [1.29, 1.82) is 0 Å². The largest absolute Gasteiger partial charge is 0.495 e. The molecule has 0 radical (unpaired) electrons. The summed E-state index contributed by atoms with van der Waals surface area (Å²) in [5.74, 6) is 1.67. The number of fused-ring (bicyclic) bond motifs is 1. The Labute approximate surface area is 158 Å². The number of ether oxygens (including phenoxy) is 1. The zero-order chi connectivity index (χ0) is 18.8. The van der Waals surface area contributed by atoms with Gasteiger partial charge in [-0.2, -0.15) is 0 Å². The highest BCUT2D eigenvalue weighted by atomic mass is 16.5. The second-order valence-corrected chi connectivity index (χ2v) is 7.01. The molecule has 0 bridgehead atoms. The van der Waals surface area contributed by atoms with Crippen LogP contribution in [-0.4, -0.2) is 43.3 Å². The number of aromatic nitrogens is 2. The van der Waals surface area contributed by atoms with Gasteiger partial charge in [0, 0.05) is 0 Å². The molecular weight excluding hydrogens is 340 g/mol. The van der Waals surface area contributed by atoms with Gasteiger partial charge in [0.1, 0.15) is 11.8 Å². The lowest BCUT2D eigenvalue weighted by molar-refractivity contribution is -0.930. The molecule has 27 heavy (non-hydrogen) atoms. The summed E-state index contributed by atoms with van der Waals surface area (Å²) in [6.45, 7) is 5.99. The first-order chi connectivity index (χ1) is 13.2. The van der Waals surface area contributed by atoms with Gasteiger partial charge in [-0.15, -0.1) is 0 Å². The molecule has 140 valence electrons. The van der Waals surface area contributed by atoms with Gasteiger partial charge in [-0.1, -0.05) is 24.3 Å². The van der Waals surface area contributed by atoms with Crippen molar-refractivity contribution in [1.82, 2.24) is 9.97 Å². The maximum atomic E-state index is 12.4. The number of rotatable bonds is 4. The number of nitrogens with zero attached hydrogens (tertiary/aromatic N) is 2. The Morgan fingerprint density at radius 2 is 1.81 bits per heavy atom. The Bertz CT molecular complexity index is 993. The molecule has 3 aromatic rings. The highest BCUT2D eigenvalue weighted by Crippen LogP contribution is 2.27. The first-order valence-corrected chi connectivity index (χ1v) is 9.39. The smallest absolute Gasteiger partial charge is 0.258 e. The molecule has 2 heterocycles. The number of quaternary nitrogens is 1. The van der Waals surface area contributed by atoms with Crippen LogP contribution in [0.4, 0.5) is 5.69 Å². The van der Waals surface area contributed by atoms with Crippen LogP contribution in [0, 0.1) is 0 Å². The Morgan fingerprint density at radius 3 is 2.59 bits per heavy atom. The zero-order valence-corrected chi connectivity index (χ0v) is 15.7. The maximum absolute atomic E-state index is 12.4. The van der Waals surface area contributed by atoms with Crippen LogP contribution >= 0.6 is 0 Å². The van der Waals surface area contributed by atoms with Gasteiger partial charge in [0.2, 0.25) is 0 Å². The predicted octanol–water partition coefficient (Wildman–Crippen LogP) is 1.40. The molecular formula is C21H25N4O2+. The van der Waals surface area contributed by atoms with Gasteiger partial charge in [0.05, 0.1) is 49.9 Å². The summed E-state index contributed by atoms with van der Waals surface area (Å²) in [7, 11) is 1.71. The molecule has 1 saturated heterocycles. The van der Waals surface area contributed by atoms with Crippen LogP contribution in [0.15, 0.2) is 53.3 Å². The van der Waals surface area contributed by atoms with Crippen molar-refractivity contribution in [2.45, 2.75) is 13.0 Å². The van der Waals surface area contributed by atoms with E-state index >= 15 is 0 Å². The molecule has 6 heteroatoms. The van der Waals surface area contributed by atoms with E-state index in [9.17, 15) is 4.79 Å². The topological polar surface area (TPSA) is 62.7 Å². The summed E-state index contributed by atoms with van der Waals surface area (Å²) in [5, 5.41) is 0.643. The zero-order valence-electron chi connectivity index (χ0n) is 15.7. The van der Waals surface area contributed by atoms with Crippen LogP contribution in [0.1, 0.15) is 18.8 Å². The molecule has 0 saturated carbocycles. The van der Waals surface area contributed by atoms with Crippen LogP contribution in [0.5, 0.6) is 5.75 Å². The number of benzene rings is 2. The van der Waals surface area contributed by atoms with E-state index in [2.05, 4.69) is 22.9 Å². The van der Waals surface area contributed by atoms with E-state index in [0.717, 1.165) is 49.0 Å². The molecule has 1 aliphatic rings. The Balaban J connectivity index is 1.50. The van der Waals surface area contributed by atoms with Crippen LogP contribution in [0.3, 0.4) is 0 Å². The number of aromatic amines is 1. The summed E-state index contributed by atoms with van der Waals surface area (Å²) in [4.78, 5) is 23.9. The first-order valence-electron chi connectivity index (χ1n) is 9.39. The molecule has 0 spiro atoms. The van der Waals surface area contributed by atoms with Crippen molar-refractivity contribution >= 4 is 16.6 Å². The minimum Gasteiger partial charge on any atom is -0.495 e. The molecule has 4 rings (SSSR count). The number of H-pyrrole nitrogens is 1. The Morgan fingerprint density at radius 1 is 1.11 bits per heavy atom. The van der Waals surface area contributed by atoms with E-state index in [1.165, 1.54) is 4.90 Å². The van der Waals surface area contributed by atoms with E-state index in [-0.39, 0.29) is 11.6 Å². The number of methoxy groups -OCH3 is 1. The van der Waals surface area contributed by atoms with Gasteiger partial charge in [0.25, 0.3) is 5.56 Å². The molecule has 2 aromatic carbocycles. The molecule has 1 atom stereocenters. The number of para-hydroxylation sites is 3. The van der Waals surface area contributed by atoms with E-state index < -0.39 is 0 Å². The summed E-state index contributed by atoms with van der Waals surface area (Å²) >= 11 is 0. The van der Waals surface area contributed by atoms with Crippen molar-refractivity contribution < 1.29 is 9.64 Å². The Hall–Kier alpha value is -2.86. The van der Waals surface area contributed by atoms with Crippen LogP contribution in [0.2, 0.25) is 0 Å². The predicted molar refractivity (Wildman–Crippen MR) is 107 cm³/mol. The van der Waals surface area contributed by atoms with E-state index in [0.29, 0.717) is 5.39 Å². The molecule has 6 nitrogen and oxygen atoms in total. The standard InChI is InChI=1S/C21H24N4O2/c1-15(20-22-17-8-4-3-7-16(17)21(26)23-20)24-11-13-25(14-12-24)18-9-5-6-10-19(18)27-2/h3-10,15H,11-14H2,1-2H3,(H,22,23,26)/p+1/t15-/m1/s1. The summed E-state index contributed by atoms with van der Waals surface area (Å²) in [6, 6.07) is 15.8. The van der Waals surface area contributed by atoms with Crippen molar-refractivity contribution in [3.8, 4) is 5.75 Å². The van der Waals surface area contributed by atoms with E-state index in [1.807, 2.05) is 42.5 Å². The lowest BCUT2D eigenvalue weighted by atomic mass is 10.1. The molecule has 2 N–H and O–H groups in total. The monoisotopic (exact) mass is 365 g/mol. The number of anilines is 1. The molecule has 0 aliphatic carbocycles. The van der Waals surface area contributed by atoms with Crippen molar-refractivity contribution in [3.63, 3.8) is 0 Å². The maximum Gasteiger partial charge on any atom is 0.258 e. The van der Waals surface area contributed by atoms with Gasteiger partial charge in [-0.3, -0.25) is 4.79 Å². The van der Waals surface area contributed by atoms with E-state index in [4.69, 9.17) is 9.72 Å². The fourth-order valence-electron chi connectivity index (χ4n) is 3.86. The van der Waals surface area contributed by atoms with Crippen LogP contribution in [0.25, 0.3) is 10.9 Å². The number of piperazine rings is 1. The second kappa shape index (κ2) is 7.40. The van der Waals surface area contributed by atoms with Crippen LogP contribution in [-0.2, 0) is 0 Å². The third-order valence-corrected chi connectivity index (χ3v) is 5.49. The van der Waals surface area contributed by atoms with Gasteiger partial charge < -0.3 is 19.5 Å². The third-order valence-electron chi connectivity index (χ3n) is 5.49. The van der Waals surface area contributed by atoms with Gasteiger partial charge in [-0.05, 0) is 31.2 Å². The fraction of sp³-hybridized carbons (Fsp3) is 0.333. The molecule has 1 aliphatic heterocycles. The highest BCUT2D eigenvalue weighted by molar-refractivity contribution is 5.77. The lowest BCUT2D eigenvalue weighted by Gasteiger charge is -2.36. The number of nitrogens with one attached hydrogen (secondary N) is 2. The average molecular weight is 365 g/mol. The van der Waals surface area contributed by atoms with Gasteiger partial charge >= 0.3 is 0 Å².